The first-order valence-electron chi connectivity index (χ1n) is 6.06. The predicted molar refractivity (Wildman–Crippen MR) is 69.7 cm³/mol. The number of carbonyl (C=O) groups is 2. The zero-order chi connectivity index (χ0) is 13.7. The number of rotatable bonds is 6. The summed E-state index contributed by atoms with van der Waals surface area (Å²) in [7, 11) is 0. The number of ether oxygens (including phenoxy) is 1. The van der Waals surface area contributed by atoms with E-state index < -0.39 is 0 Å². The maximum atomic E-state index is 11.6. The Labute approximate surface area is 114 Å². The molecule has 0 bridgehead atoms. The van der Waals surface area contributed by atoms with Crippen LogP contribution in [0.5, 0.6) is 0 Å². The molecule has 2 N–H and O–H groups in total. The summed E-state index contributed by atoms with van der Waals surface area (Å²) in [5.74, 6) is 0.540. The van der Waals surface area contributed by atoms with E-state index in [1.54, 1.807) is 11.8 Å². The van der Waals surface area contributed by atoms with Gasteiger partial charge in [-0.15, -0.1) is 0 Å². The summed E-state index contributed by atoms with van der Waals surface area (Å²) in [6.45, 7) is 0.584. The maximum Gasteiger partial charge on any atom is 0.315 e. The van der Waals surface area contributed by atoms with Crippen LogP contribution in [0.1, 0.15) is 12.8 Å². The Morgan fingerprint density at radius 1 is 1.58 bits per heavy atom. The van der Waals surface area contributed by atoms with E-state index in [0.717, 1.165) is 5.75 Å². The fourth-order valence-corrected chi connectivity index (χ4v) is 3.62. The molecule has 0 aliphatic carbocycles. The Morgan fingerprint density at radius 3 is 3.21 bits per heavy atom. The minimum atomic E-state index is -0.278. The van der Waals surface area contributed by atoms with Gasteiger partial charge in [0.15, 0.2) is 0 Å². The van der Waals surface area contributed by atoms with Crippen LogP contribution in [0.4, 0.5) is 4.79 Å². The number of urea groups is 1. The molecule has 2 heterocycles. The second-order valence-corrected chi connectivity index (χ2v) is 5.63. The topological polar surface area (TPSA) is 116 Å². The highest BCUT2D eigenvalue weighted by Gasteiger charge is 2.43. The van der Waals surface area contributed by atoms with E-state index in [4.69, 9.17) is 10.3 Å². The molecule has 2 saturated heterocycles. The van der Waals surface area contributed by atoms with Gasteiger partial charge in [0.2, 0.25) is 0 Å². The summed E-state index contributed by atoms with van der Waals surface area (Å²) >= 11 is 1.67. The van der Waals surface area contributed by atoms with E-state index in [9.17, 15) is 9.59 Å². The van der Waals surface area contributed by atoms with Crippen LogP contribution >= 0.6 is 11.8 Å². The highest BCUT2D eigenvalue weighted by molar-refractivity contribution is 8.00. The molecule has 0 spiro atoms. The van der Waals surface area contributed by atoms with Gasteiger partial charge in [0, 0.05) is 22.5 Å². The van der Waals surface area contributed by atoms with Crippen LogP contribution in [0, 0.1) is 0 Å². The van der Waals surface area contributed by atoms with Crippen molar-refractivity contribution in [3.05, 3.63) is 10.4 Å². The second kappa shape index (κ2) is 6.53. The van der Waals surface area contributed by atoms with Gasteiger partial charge in [-0.2, -0.15) is 11.8 Å². The summed E-state index contributed by atoms with van der Waals surface area (Å²) in [5.41, 5.74) is 8.08. The number of thioether (sulfide) groups is 1. The van der Waals surface area contributed by atoms with Gasteiger partial charge in [-0.25, -0.2) is 4.79 Å². The summed E-state index contributed by atoms with van der Waals surface area (Å²) < 4.78 is 5.06. The quantitative estimate of drug-likeness (QED) is 0.187. The number of carbonyl (C=O) groups excluding carboxylic acids is 2. The molecule has 19 heavy (non-hydrogen) atoms. The SMILES string of the molecule is [N-]=[N+]=NCCCOC(=O)C[C@@H]1SC[C@@H]2NC(=O)N[C@@H]21. The van der Waals surface area contributed by atoms with Crippen LogP contribution in [0.15, 0.2) is 5.11 Å². The van der Waals surface area contributed by atoms with Gasteiger partial charge in [0.1, 0.15) is 0 Å². The molecule has 0 unspecified atom stereocenters. The molecule has 2 aliphatic rings. The molecule has 2 amide bonds. The molecule has 9 heteroatoms. The molecule has 0 aromatic rings. The second-order valence-electron chi connectivity index (χ2n) is 4.35. The molecule has 2 aliphatic heterocycles. The fourth-order valence-electron chi connectivity index (χ4n) is 2.16. The first kappa shape index (κ1) is 13.8. The lowest BCUT2D eigenvalue weighted by atomic mass is 10.1. The number of nitrogens with one attached hydrogen (secondary N) is 2. The first-order chi connectivity index (χ1) is 9.20. The number of esters is 1. The van der Waals surface area contributed by atoms with Crippen molar-refractivity contribution in [3.63, 3.8) is 0 Å². The van der Waals surface area contributed by atoms with Crippen LogP contribution in [0.2, 0.25) is 0 Å². The van der Waals surface area contributed by atoms with Gasteiger partial charge < -0.3 is 15.4 Å². The average molecular weight is 285 g/mol. The standard InChI is InChI=1S/C10H15N5O3S/c11-15-12-2-1-3-18-8(16)4-7-9-6(5-19-7)13-10(17)14-9/h6-7,9H,1-5H2,(H2,13,14,17)/t6-,7-,9-/m0/s1. The maximum absolute atomic E-state index is 11.6. The molecular weight excluding hydrogens is 270 g/mol. The number of hydrogen-bond acceptors (Lipinski definition) is 5. The lowest BCUT2D eigenvalue weighted by Crippen LogP contribution is -2.38. The third-order valence-electron chi connectivity index (χ3n) is 3.03. The molecular formula is C10H15N5O3S. The minimum Gasteiger partial charge on any atom is -0.466 e. The normalized spacial score (nSPS) is 28.0. The van der Waals surface area contributed by atoms with Crippen LogP contribution in [0.3, 0.4) is 0 Å². The Hall–Kier alpha value is -1.60. The highest BCUT2D eigenvalue weighted by Crippen LogP contribution is 2.32. The number of azide groups is 1. The van der Waals surface area contributed by atoms with Gasteiger partial charge >= 0.3 is 12.0 Å². The zero-order valence-electron chi connectivity index (χ0n) is 10.2. The zero-order valence-corrected chi connectivity index (χ0v) is 11.1. The largest absolute Gasteiger partial charge is 0.466 e. The van der Waals surface area contributed by atoms with Gasteiger partial charge in [0.05, 0.1) is 25.1 Å². The van der Waals surface area contributed by atoms with Crippen molar-refractivity contribution in [1.29, 1.82) is 0 Å². The van der Waals surface area contributed by atoms with Gasteiger partial charge in [-0.05, 0) is 12.0 Å². The van der Waals surface area contributed by atoms with E-state index in [-0.39, 0.29) is 42.4 Å². The van der Waals surface area contributed by atoms with Crippen molar-refractivity contribution in [1.82, 2.24) is 10.6 Å². The van der Waals surface area contributed by atoms with Gasteiger partial charge in [-0.1, -0.05) is 5.11 Å². The molecule has 0 radical (unpaired) electrons. The van der Waals surface area contributed by atoms with E-state index in [1.165, 1.54) is 0 Å². The Morgan fingerprint density at radius 2 is 2.42 bits per heavy atom. The molecule has 3 atom stereocenters. The van der Waals surface area contributed by atoms with Crippen molar-refractivity contribution in [2.24, 2.45) is 5.11 Å². The molecule has 0 aromatic carbocycles. The molecule has 0 aromatic heterocycles. The highest BCUT2D eigenvalue weighted by atomic mass is 32.2. The van der Waals surface area contributed by atoms with Gasteiger partial charge in [0.25, 0.3) is 0 Å². The van der Waals surface area contributed by atoms with Crippen LogP contribution in [-0.2, 0) is 9.53 Å². The van der Waals surface area contributed by atoms with E-state index >= 15 is 0 Å². The van der Waals surface area contributed by atoms with Crippen molar-refractivity contribution in [3.8, 4) is 0 Å². The van der Waals surface area contributed by atoms with Crippen LogP contribution < -0.4 is 10.6 Å². The van der Waals surface area contributed by atoms with Crippen LogP contribution in [-0.4, -0.2) is 48.2 Å². The van der Waals surface area contributed by atoms with Crippen LogP contribution in [0.25, 0.3) is 10.4 Å². The molecule has 2 rings (SSSR count). The van der Waals surface area contributed by atoms with E-state index in [1.807, 2.05) is 0 Å². The summed E-state index contributed by atoms with van der Waals surface area (Å²) in [6, 6.07) is -0.0449. The monoisotopic (exact) mass is 285 g/mol. The Bertz CT molecular complexity index is 412. The lowest BCUT2D eigenvalue weighted by molar-refractivity contribution is -0.143. The molecule has 0 saturated carbocycles. The number of fused-ring (bicyclic) bond motifs is 1. The number of hydrogen-bond donors (Lipinski definition) is 2. The first-order valence-corrected chi connectivity index (χ1v) is 7.10. The summed E-state index contributed by atoms with van der Waals surface area (Å²) in [4.78, 5) is 25.4. The predicted octanol–water partition coefficient (Wildman–Crippen LogP) is 0.785. The van der Waals surface area contributed by atoms with Crippen molar-refractivity contribution in [2.75, 3.05) is 18.9 Å². The third kappa shape index (κ3) is 3.68. The lowest BCUT2D eigenvalue weighted by Gasteiger charge is -2.15. The summed E-state index contributed by atoms with van der Waals surface area (Å²) in [5, 5.41) is 9.05. The molecule has 2 fully saturated rings. The number of amides is 2. The van der Waals surface area contributed by atoms with E-state index in [2.05, 4.69) is 20.7 Å². The van der Waals surface area contributed by atoms with Crippen molar-refractivity contribution < 1.29 is 14.3 Å². The average Bonchev–Trinajstić information content (AvgIpc) is 2.90. The third-order valence-corrected chi connectivity index (χ3v) is 4.47. The minimum absolute atomic E-state index is 0.00763. The Kier molecular flexibility index (Phi) is 4.75. The van der Waals surface area contributed by atoms with Crippen molar-refractivity contribution in [2.45, 2.75) is 30.2 Å². The number of nitrogens with zero attached hydrogens (tertiary/aromatic N) is 3. The summed E-state index contributed by atoms with van der Waals surface area (Å²) in [6.07, 6.45) is 0.813. The van der Waals surface area contributed by atoms with Crippen molar-refractivity contribution >= 4 is 23.8 Å². The van der Waals surface area contributed by atoms with E-state index in [0.29, 0.717) is 13.0 Å². The van der Waals surface area contributed by atoms with Gasteiger partial charge in [-0.3, -0.25) is 4.79 Å². The Balaban J connectivity index is 1.68. The fraction of sp³-hybridized carbons (Fsp3) is 0.800. The smallest absolute Gasteiger partial charge is 0.315 e. The molecule has 104 valence electrons. The molecule has 8 nitrogen and oxygen atoms in total.